The summed E-state index contributed by atoms with van der Waals surface area (Å²) in [5.74, 6) is 0.864. The Morgan fingerprint density at radius 2 is 2.05 bits per heavy atom. The quantitative estimate of drug-likeness (QED) is 0.886. The molecule has 19 heavy (non-hydrogen) atoms. The molecule has 2 atom stereocenters. The number of ether oxygens (including phenoxy) is 1. The minimum Gasteiger partial charge on any atom is -0.497 e. The Balaban J connectivity index is 1.84. The molecule has 2 unspecified atom stereocenters. The molecule has 106 valence electrons. The summed E-state index contributed by atoms with van der Waals surface area (Å²) in [5, 5.41) is 10.2. The molecule has 1 fully saturated rings. The van der Waals surface area contributed by atoms with E-state index in [1.165, 1.54) is 19.3 Å². The van der Waals surface area contributed by atoms with Gasteiger partial charge in [0.25, 0.3) is 0 Å². The Bertz CT molecular complexity index is 377. The van der Waals surface area contributed by atoms with Crippen molar-refractivity contribution in [3.63, 3.8) is 0 Å². The van der Waals surface area contributed by atoms with Crippen LogP contribution in [0.2, 0.25) is 0 Å². The molecule has 0 aromatic heterocycles. The first-order valence-corrected chi connectivity index (χ1v) is 7.24. The van der Waals surface area contributed by atoms with Crippen LogP contribution in [0.1, 0.15) is 31.7 Å². The van der Waals surface area contributed by atoms with Crippen LogP contribution in [0.15, 0.2) is 24.3 Å². The predicted octanol–water partition coefficient (Wildman–Crippen LogP) is 2.47. The van der Waals surface area contributed by atoms with Crippen molar-refractivity contribution in [2.75, 3.05) is 20.2 Å². The molecule has 1 aliphatic rings. The lowest BCUT2D eigenvalue weighted by atomic mass is 10.0. The van der Waals surface area contributed by atoms with E-state index in [9.17, 15) is 5.11 Å². The van der Waals surface area contributed by atoms with Gasteiger partial charge in [-0.1, -0.05) is 18.6 Å². The summed E-state index contributed by atoms with van der Waals surface area (Å²) in [6.45, 7) is 4.17. The summed E-state index contributed by atoms with van der Waals surface area (Å²) in [6.07, 6.45) is 4.28. The molecular weight excluding hydrogens is 238 g/mol. The third kappa shape index (κ3) is 4.22. The van der Waals surface area contributed by atoms with Gasteiger partial charge in [-0.2, -0.15) is 0 Å². The minimum atomic E-state index is -0.283. The maximum Gasteiger partial charge on any atom is 0.118 e. The highest BCUT2D eigenvalue weighted by molar-refractivity contribution is 5.27. The molecule has 1 heterocycles. The molecule has 1 N–H and O–H groups in total. The number of piperidine rings is 1. The van der Waals surface area contributed by atoms with E-state index in [0.29, 0.717) is 12.5 Å². The average molecular weight is 263 g/mol. The summed E-state index contributed by atoms with van der Waals surface area (Å²) >= 11 is 0. The van der Waals surface area contributed by atoms with Gasteiger partial charge in [-0.25, -0.2) is 0 Å². The molecule has 1 saturated heterocycles. The summed E-state index contributed by atoms with van der Waals surface area (Å²) in [5.41, 5.74) is 1.16. The average Bonchev–Trinajstić information content (AvgIpc) is 2.42. The van der Waals surface area contributed by atoms with Crippen LogP contribution in [0.5, 0.6) is 5.75 Å². The maximum atomic E-state index is 10.2. The fourth-order valence-corrected chi connectivity index (χ4v) is 2.80. The van der Waals surface area contributed by atoms with Crippen molar-refractivity contribution in [2.45, 2.75) is 44.8 Å². The normalized spacial score (nSPS) is 22.2. The van der Waals surface area contributed by atoms with Crippen molar-refractivity contribution in [1.29, 1.82) is 0 Å². The number of rotatable bonds is 5. The van der Waals surface area contributed by atoms with E-state index in [0.717, 1.165) is 24.4 Å². The molecule has 0 aliphatic carbocycles. The van der Waals surface area contributed by atoms with Crippen LogP contribution < -0.4 is 4.74 Å². The van der Waals surface area contributed by atoms with Gasteiger partial charge in [-0.15, -0.1) is 0 Å². The molecule has 1 aromatic rings. The number of methoxy groups -OCH3 is 1. The third-order valence-electron chi connectivity index (χ3n) is 4.02. The molecule has 2 rings (SSSR count). The Hall–Kier alpha value is -1.06. The van der Waals surface area contributed by atoms with E-state index in [4.69, 9.17) is 4.74 Å². The Morgan fingerprint density at radius 1 is 1.32 bits per heavy atom. The second-order valence-electron chi connectivity index (χ2n) is 5.55. The number of β-amino-alcohol motifs (C(OH)–C–C–N with tert-alkyl or cyclic N) is 1. The van der Waals surface area contributed by atoms with Gasteiger partial charge in [-0.3, -0.25) is 4.90 Å². The Morgan fingerprint density at radius 3 is 2.68 bits per heavy atom. The second kappa shape index (κ2) is 6.92. The lowest BCUT2D eigenvalue weighted by Gasteiger charge is -2.34. The topological polar surface area (TPSA) is 32.7 Å². The zero-order valence-electron chi connectivity index (χ0n) is 12.0. The molecule has 3 heteroatoms. The molecule has 1 aliphatic heterocycles. The lowest BCUT2D eigenvalue weighted by molar-refractivity contribution is 0.0736. The summed E-state index contributed by atoms with van der Waals surface area (Å²) in [6, 6.07) is 8.57. The Kier molecular flexibility index (Phi) is 5.23. The summed E-state index contributed by atoms with van der Waals surface area (Å²) in [7, 11) is 1.67. The molecule has 0 spiro atoms. The van der Waals surface area contributed by atoms with E-state index < -0.39 is 0 Å². The molecular formula is C16H25NO2. The van der Waals surface area contributed by atoms with E-state index in [1.54, 1.807) is 7.11 Å². The second-order valence-corrected chi connectivity index (χ2v) is 5.55. The zero-order valence-corrected chi connectivity index (χ0v) is 12.0. The largest absolute Gasteiger partial charge is 0.497 e. The number of likely N-dealkylation sites (tertiary alicyclic amines) is 1. The highest BCUT2D eigenvalue weighted by Crippen LogP contribution is 2.18. The van der Waals surface area contributed by atoms with Gasteiger partial charge < -0.3 is 9.84 Å². The molecule has 0 saturated carbocycles. The minimum absolute atomic E-state index is 0.283. The molecule has 1 aromatic carbocycles. The predicted molar refractivity (Wildman–Crippen MR) is 77.6 cm³/mol. The number of nitrogens with zero attached hydrogens (tertiary/aromatic N) is 1. The monoisotopic (exact) mass is 263 g/mol. The number of hydrogen-bond acceptors (Lipinski definition) is 3. The van der Waals surface area contributed by atoms with Crippen LogP contribution in [-0.4, -0.2) is 42.4 Å². The van der Waals surface area contributed by atoms with Crippen LogP contribution in [0.25, 0.3) is 0 Å². The van der Waals surface area contributed by atoms with Crippen molar-refractivity contribution in [3.8, 4) is 5.75 Å². The van der Waals surface area contributed by atoms with Gasteiger partial charge in [0.1, 0.15) is 5.75 Å². The van der Waals surface area contributed by atoms with Crippen LogP contribution in [0.3, 0.4) is 0 Å². The van der Waals surface area contributed by atoms with Crippen molar-refractivity contribution >= 4 is 0 Å². The van der Waals surface area contributed by atoms with Crippen molar-refractivity contribution in [3.05, 3.63) is 29.8 Å². The van der Waals surface area contributed by atoms with Crippen molar-refractivity contribution < 1.29 is 9.84 Å². The molecule has 0 bridgehead atoms. The first-order chi connectivity index (χ1) is 9.19. The molecule has 0 amide bonds. The molecule has 0 radical (unpaired) electrons. The number of aliphatic hydroxyl groups excluding tert-OH is 1. The van der Waals surface area contributed by atoms with E-state index in [1.807, 2.05) is 24.3 Å². The van der Waals surface area contributed by atoms with Crippen LogP contribution in [0, 0.1) is 0 Å². The van der Waals surface area contributed by atoms with E-state index >= 15 is 0 Å². The lowest BCUT2D eigenvalue weighted by Crippen LogP contribution is -2.42. The highest BCUT2D eigenvalue weighted by atomic mass is 16.5. The summed E-state index contributed by atoms with van der Waals surface area (Å²) in [4.78, 5) is 2.41. The van der Waals surface area contributed by atoms with Crippen LogP contribution in [-0.2, 0) is 6.42 Å². The fourth-order valence-electron chi connectivity index (χ4n) is 2.80. The number of hydrogen-bond donors (Lipinski definition) is 1. The van der Waals surface area contributed by atoms with Gasteiger partial charge in [0.2, 0.25) is 0 Å². The van der Waals surface area contributed by atoms with E-state index in [2.05, 4.69) is 11.8 Å². The maximum absolute atomic E-state index is 10.2. The number of aliphatic hydroxyl groups is 1. The van der Waals surface area contributed by atoms with Crippen molar-refractivity contribution in [2.24, 2.45) is 0 Å². The van der Waals surface area contributed by atoms with Crippen molar-refractivity contribution in [1.82, 2.24) is 4.90 Å². The standard InChI is InChI=1S/C16H25NO2/c1-13-5-3-4-10-17(13)12-15(18)11-14-6-8-16(19-2)9-7-14/h6-9,13,15,18H,3-5,10-12H2,1-2H3. The smallest absolute Gasteiger partial charge is 0.118 e. The SMILES string of the molecule is COc1ccc(CC(O)CN2CCCCC2C)cc1. The summed E-state index contributed by atoms with van der Waals surface area (Å²) < 4.78 is 5.14. The van der Waals surface area contributed by atoms with E-state index in [-0.39, 0.29) is 6.10 Å². The first-order valence-electron chi connectivity index (χ1n) is 7.24. The fraction of sp³-hybridized carbons (Fsp3) is 0.625. The Labute approximate surface area is 116 Å². The van der Waals surface area contributed by atoms with Crippen LogP contribution in [0.4, 0.5) is 0 Å². The molecule has 3 nitrogen and oxygen atoms in total. The number of benzene rings is 1. The van der Waals surface area contributed by atoms with Crippen LogP contribution >= 0.6 is 0 Å². The first kappa shape index (κ1) is 14.4. The van der Waals surface area contributed by atoms with Gasteiger partial charge >= 0.3 is 0 Å². The highest BCUT2D eigenvalue weighted by Gasteiger charge is 2.20. The van der Waals surface area contributed by atoms with Gasteiger partial charge in [0.05, 0.1) is 13.2 Å². The van der Waals surface area contributed by atoms with Gasteiger partial charge in [0.15, 0.2) is 0 Å². The van der Waals surface area contributed by atoms with Gasteiger partial charge in [0, 0.05) is 12.6 Å². The zero-order chi connectivity index (χ0) is 13.7. The van der Waals surface area contributed by atoms with Gasteiger partial charge in [-0.05, 0) is 50.4 Å². The third-order valence-corrected chi connectivity index (χ3v) is 4.02.